The van der Waals surface area contributed by atoms with Gasteiger partial charge in [0.15, 0.2) is 0 Å². The van der Waals surface area contributed by atoms with Gasteiger partial charge in [-0.3, -0.25) is 0 Å². The maximum atomic E-state index is 9.30. The summed E-state index contributed by atoms with van der Waals surface area (Å²) in [4.78, 5) is 12.6. The number of nitrogens with zero attached hydrogens (tertiary/aromatic N) is 3. The van der Waals surface area contributed by atoms with Crippen molar-refractivity contribution < 1.29 is 9.84 Å². The molecule has 1 rings (SSSR count). The Hall–Kier alpha value is -1.28. The highest BCUT2D eigenvalue weighted by Gasteiger charge is 2.17. The summed E-state index contributed by atoms with van der Waals surface area (Å²) in [6.07, 6.45) is 1.95. The van der Waals surface area contributed by atoms with Gasteiger partial charge in [-0.15, -0.1) is 0 Å². The SMILES string of the molecule is CNc1nc(NC(C)C(CO)SC)nc(OC(C)C)n1. The van der Waals surface area contributed by atoms with Gasteiger partial charge in [-0.1, -0.05) is 0 Å². The molecule has 0 aliphatic heterocycles. The number of ether oxygens (including phenoxy) is 1. The summed E-state index contributed by atoms with van der Waals surface area (Å²) in [5.41, 5.74) is 0. The largest absolute Gasteiger partial charge is 0.461 e. The van der Waals surface area contributed by atoms with E-state index in [1.165, 1.54) is 0 Å². The van der Waals surface area contributed by atoms with Crippen molar-refractivity contribution in [1.82, 2.24) is 15.0 Å². The fourth-order valence-electron chi connectivity index (χ4n) is 1.53. The minimum atomic E-state index is -0.0104. The van der Waals surface area contributed by atoms with Gasteiger partial charge in [-0.2, -0.15) is 26.7 Å². The molecule has 0 saturated carbocycles. The maximum absolute atomic E-state index is 9.30. The summed E-state index contributed by atoms with van der Waals surface area (Å²) in [7, 11) is 1.74. The molecule has 0 fully saturated rings. The van der Waals surface area contributed by atoms with E-state index in [-0.39, 0.29) is 30.0 Å². The highest BCUT2D eigenvalue weighted by atomic mass is 32.2. The van der Waals surface area contributed by atoms with Crippen molar-refractivity contribution in [2.75, 3.05) is 30.5 Å². The molecule has 0 bridgehead atoms. The number of aromatic nitrogens is 3. The summed E-state index contributed by atoms with van der Waals surface area (Å²) in [5.74, 6) is 0.870. The van der Waals surface area contributed by atoms with Crippen molar-refractivity contribution in [2.24, 2.45) is 0 Å². The number of thioether (sulfide) groups is 1. The molecule has 2 atom stereocenters. The van der Waals surface area contributed by atoms with Crippen molar-refractivity contribution in [3.8, 4) is 6.01 Å². The third kappa shape index (κ3) is 5.01. The smallest absolute Gasteiger partial charge is 0.323 e. The van der Waals surface area contributed by atoms with E-state index in [1.807, 2.05) is 27.0 Å². The predicted octanol–water partition coefficient (Wildman–Crippen LogP) is 1.22. The molecule has 8 heteroatoms. The first-order chi connectivity index (χ1) is 9.49. The molecule has 1 aromatic heterocycles. The standard InChI is InChI=1S/C12H23N5O2S/c1-7(2)19-12-16-10(13-4)15-11(17-12)14-8(3)9(6-18)20-5/h7-9,18H,6H2,1-5H3,(H2,13,14,15,16,17). The topological polar surface area (TPSA) is 92.2 Å². The predicted molar refractivity (Wildman–Crippen MR) is 82.6 cm³/mol. The van der Waals surface area contributed by atoms with E-state index in [9.17, 15) is 5.11 Å². The van der Waals surface area contributed by atoms with Gasteiger partial charge < -0.3 is 20.5 Å². The molecule has 20 heavy (non-hydrogen) atoms. The lowest BCUT2D eigenvalue weighted by molar-refractivity contribution is 0.222. The minimum Gasteiger partial charge on any atom is -0.461 e. The van der Waals surface area contributed by atoms with Crippen molar-refractivity contribution in [3.63, 3.8) is 0 Å². The first-order valence-corrected chi connectivity index (χ1v) is 7.79. The van der Waals surface area contributed by atoms with Gasteiger partial charge in [-0.05, 0) is 27.0 Å². The third-order valence-electron chi connectivity index (χ3n) is 2.58. The van der Waals surface area contributed by atoms with E-state index in [0.717, 1.165) is 0 Å². The average molecular weight is 301 g/mol. The molecule has 114 valence electrons. The molecule has 0 spiro atoms. The molecule has 0 radical (unpaired) electrons. The molecule has 0 amide bonds. The second-order valence-corrected chi connectivity index (χ2v) is 5.65. The van der Waals surface area contributed by atoms with Crippen LogP contribution in [-0.4, -0.2) is 57.4 Å². The van der Waals surface area contributed by atoms with E-state index in [0.29, 0.717) is 11.9 Å². The van der Waals surface area contributed by atoms with Gasteiger partial charge in [0.05, 0.1) is 12.7 Å². The molecule has 2 unspecified atom stereocenters. The van der Waals surface area contributed by atoms with Crippen molar-refractivity contribution in [2.45, 2.75) is 38.2 Å². The molecule has 0 aliphatic rings. The summed E-state index contributed by atoms with van der Waals surface area (Å²) >= 11 is 1.59. The van der Waals surface area contributed by atoms with E-state index in [4.69, 9.17) is 4.74 Å². The Morgan fingerprint density at radius 2 is 1.85 bits per heavy atom. The highest BCUT2D eigenvalue weighted by molar-refractivity contribution is 7.99. The van der Waals surface area contributed by atoms with Gasteiger partial charge >= 0.3 is 6.01 Å². The molecular formula is C12H23N5O2S. The molecular weight excluding hydrogens is 278 g/mol. The summed E-state index contributed by atoms with van der Waals surface area (Å²) in [6.45, 7) is 5.89. The Morgan fingerprint density at radius 1 is 1.20 bits per heavy atom. The number of aliphatic hydroxyl groups excluding tert-OH is 1. The first kappa shape index (κ1) is 16.8. The third-order valence-corrected chi connectivity index (χ3v) is 3.74. The Kier molecular flexibility index (Phi) is 6.80. The fraction of sp³-hybridized carbons (Fsp3) is 0.750. The molecule has 1 heterocycles. The number of aliphatic hydroxyl groups is 1. The Labute approximate surface area is 124 Å². The van der Waals surface area contributed by atoms with Crippen LogP contribution in [0.5, 0.6) is 6.01 Å². The number of hydrogen-bond donors (Lipinski definition) is 3. The number of hydrogen-bond acceptors (Lipinski definition) is 8. The van der Waals surface area contributed by atoms with Crippen LogP contribution in [0.25, 0.3) is 0 Å². The van der Waals surface area contributed by atoms with Crippen LogP contribution in [0.2, 0.25) is 0 Å². The van der Waals surface area contributed by atoms with Crippen LogP contribution in [0, 0.1) is 0 Å². The van der Waals surface area contributed by atoms with E-state index < -0.39 is 0 Å². The Morgan fingerprint density at radius 3 is 2.35 bits per heavy atom. The maximum Gasteiger partial charge on any atom is 0.323 e. The summed E-state index contributed by atoms with van der Waals surface area (Å²) in [5, 5.41) is 15.4. The highest BCUT2D eigenvalue weighted by Crippen LogP contribution is 2.17. The molecule has 0 aliphatic carbocycles. The summed E-state index contributed by atoms with van der Waals surface area (Å²) < 4.78 is 5.50. The van der Waals surface area contributed by atoms with Crippen LogP contribution < -0.4 is 15.4 Å². The minimum absolute atomic E-state index is 0.0104. The van der Waals surface area contributed by atoms with Crippen LogP contribution in [-0.2, 0) is 0 Å². The number of nitrogens with one attached hydrogen (secondary N) is 2. The summed E-state index contributed by atoms with van der Waals surface area (Å²) in [6, 6.07) is 0.299. The van der Waals surface area contributed by atoms with Crippen LogP contribution in [0.4, 0.5) is 11.9 Å². The van der Waals surface area contributed by atoms with Gasteiger partial charge in [0, 0.05) is 18.3 Å². The normalized spacial score (nSPS) is 13.9. The van der Waals surface area contributed by atoms with Gasteiger partial charge in [0.25, 0.3) is 0 Å². The van der Waals surface area contributed by atoms with Crippen LogP contribution in [0.15, 0.2) is 0 Å². The second kappa shape index (κ2) is 8.11. The van der Waals surface area contributed by atoms with E-state index in [2.05, 4.69) is 25.6 Å². The van der Waals surface area contributed by atoms with Crippen molar-refractivity contribution in [3.05, 3.63) is 0 Å². The Bertz CT molecular complexity index is 415. The lowest BCUT2D eigenvalue weighted by Crippen LogP contribution is -2.32. The lowest BCUT2D eigenvalue weighted by Gasteiger charge is -2.21. The van der Waals surface area contributed by atoms with Crippen LogP contribution in [0.1, 0.15) is 20.8 Å². The van der Waals surface area contributed by atoms with Crippen molar-refractivity contribution >= 4 is 23.7 Å². The molecule has 1 aromatic rings. The van der Waals surface area contributed by atoms with Gasteiger partial charge in [-0.25, -0.2) is 0 Å². The lowest BCUT2D eigenvalue weighted by atomic mass is 10.2. The zero-order valence-corrected chi connectivity index (χ0v) is 13.4. The molecule has 7 nitrogen and oxygen atoms in total. The molecule has 3 N–H and O–H groups in total. The zero-order chi connectivity index (χ0) is 15.1. The van der Waals surface area contributed by atoms with Crippen LogP contribution in [0.3, 0.4) is 0 Å². The second-order valence-electron chi connectivity index (χ2n) is 4.57. The van der Waals surface area contributed by atoms with Gasteiger partial charge in [0.1, 0.15) is 0 Å². The van der Waals surface area contributed by atoms with Gasteiger partial charge in [0.2, 0.25) is 11.9 Å². The van der Waals surface area contributed by atoms with E-state index >= 15 is 0 Å². The zero-order valence-electron chi connectivity index (χ0n) is 12.5. The first-order valence-electron chi connectivity index (χ1n) is 6.50. The quantitative estimate of drug-likeness (QED) is 0.660. The average Bonchev–Trinajstić information content (AvgIpc) is 2.38. The Balaban J connectivity index is 2.87. The van der Waals surface area contributed by atoms with Crippen molar-refractivity contribution in [1.29, 1.82) is 0 Å². The molecule has 0 saturated heterocycles. The monoisotopic (exact) mass is 301 g/mol. The number of rotatable bonds is 8. The fourth-order valence-corrected chi connectivity index (χ4v) is 2.16. The van der Waals surface area contributed by atoms with E-state index in [1.54, 1.807) is 18.8 Å². The number of anilines is 2. The molecule has 0 aromatic carbocycles. The van der Waals surface area contributed by atoms with Crippen LogP contribution >= 0.6 is 11.8 Å².